The third kappa shape index (κ3) is 3.91. The Labute approximate surface area is 172 Å². The van der Waals surface area contributed by atoms with Crippen molar-refractivity contribution in [1.82, 2.24) is 9.97 Å². The first-order valence-electron chi connectivity index (χ1n) is 9.11. The molecule has 0 fully saturated rings. The molecule has 4 rings (SSSR count). The number of hydrogen-bond donors (Lipinski definition) is 2. The zero-order chi connectivity index (χ0) is 20.9. The lowest BCUT2D eigenvalue weighted by Gasteiger charge is -2.08. The molecule has 0 saturated carbocycles. The predicted octanol–water partition coefficient (Wildman–Crippen LogP) is 3.57. The molecule has 8 nitrogen and oxygen atoms in total. The maximum absolute atomic E-state index is 11.5. The van der Waals surface area contributed by atoms with Crippen LogP contribution in [0.15, 0.2) is 66.7 Å². The summed E-state index contributed by atoms with van der Waals surface area (Å²) in [6.07, 6.45) is 1.57. The van der Waals surface area contributed by atoms with Crippen LogP contribution in [-0.2, 0) is 11.3 Å². The first-order valence-corrected chi connectivity index (χ1v) is 9.11. The van der Waals surface area contributed by atoms with E-state index >= 15 is 0 Å². The summed E-state index contributed by atoms with van der Waals surface area (Å²) in [5.74, 6) is 0.978. The molecule has 0 saturated heterocycles. The van der Waals surface area contributed by atoms with Crippen molar-refractivity contribution in [3.05, 3.63) is 83.5 Å². The lowest BCUT2D eigenvalue weighted by atomic mass is 10.1. The Hall–Kier alpha value is -4.38. The molecule has 0 amide bonds. The summed E-state index contributed by atoms with van der Waals surface area (Å²) in [7, 11) is 1.34. The molecule has 0 aliphatic carbocycles. The molecule has 2 N–H and O–H groups in total. The molecule has 0 radical (unpaired) electrons. The summed E-state index contributed by atoms with van der Waals surface area (Å²) in [6.45, 7) is 0.448. The van der Waals surface area contributed by atoms with Crippen molar-refractivity contribution < 1.29 is 14.3 Å². The van der Waals surface area contributed by atoms with Crippen LogP contribution in [0.3, 0.4) is 0 Å². The van der Waals surface area contributed by atoms with Gasteiger partial charge < -0.3 is 20.1 Å². The zero-order valence-corrected chi connectivity index (χ0v) is 16.0. The van der Waals surface area contributed by atoms with Crippen molar-refractivity contribution in [3.63, 3.8) is 0 Å². The quantitative estimate of drug-likeness (QED) is 0.495. The number of nitriles is 1. The topological polar surface area (TPSA) is 109 Å². The lowest BCUT2D eigenvalue weighted by molar-refractivity contribution is 0.0600. The number of hydrogen-bond acceptors (Lipinski definition) is 8. The molecular formula is C22H17N5O3. The van der Waals surface area contributed by atoms with E-state index in [0.29, 0.717) is 35.4 Å². The molecule has 2 aromatic carbocycles. The van der Waals surface area contributed by atoms with Gasteiger partial charge in [0.25, 0.3) is 0 Å². The van der Waals surface area contributed by atoms with Crippen LogP contribution >= 0.6 is 0 Å². The number of nitrogens with zero attached hydrogens (tertiary/aromatic N) is 3. The van der Waals surface area contributed by atoms with Crippen LogP contribution in [0, 0.1) is 11.3 Å². The van der Waals surface area contributed by atoms with E-state index in [1.807, 2.05) is 36.4 Å². The Bertz CT molecular complexity index is 1140. The van der Waals surface area contributed by atoms with Gasteiger partial charge in [-0.2, -0.15) is 5.26 Å². The molecule has 0 unspecified atom stereocenters. The monoisotopic (exact) mass is 399 g/mol. The number of carbonyl (C=O) groups is 1. The second-order valence-electron chi connectivity index (χ2n) is 6.35. The largest absolute Gasteiger partial charge is 0.465 e. The number of carbonyl (C=O) groups excluding carboxylic acids is 1. The molecule has 0 spiro atoms. The number of fused-ring (bicyclic) bond motifs is 1. The molecule has 8 heteroatoms. The normalized spacial score (nSPS) is 13.3. The number of anilines is 2. The fourth-order valence-corrected chi connectivity index (χ4v) is 2.90. The molecule has 1 aliphatic heterocycles. The fraction of sp³-hybridized carbons (Fsp3) is 0.0909. The van der Waals surface area contributed by atoms with Crippen molar-refractivity contribution in [1.29, 1.82) is 5.26 Å². The van der Waals surface area contributed by atoms with Gasteiger partial charge in [0.15, 0.2) is 5.75 Å². The minimum absolute atomic E-state index is 0.277. The molecule has 0 atom stereocenters. The summed E-state index contributed by atoms with van der Waals surface area (Å²) in [5, 5.41) is 15.9. The van der Waals surface area contributed by atoms with E-state index in [-0.39, 0.29) is 11.5 Å². The molecule has 3 aromatic rings. The van der Waals surface area contributed by atoms with Crippen LogP contribution in [0.1, 0.15) is 21.6 Å². The van der Waals surface area contributed by atoms with E-state index in [9.17, 15) is 10.1 Å². The number of methoxy groups -OCH3 is 1. The molecule has 1 aromatic heterocycles. The van der Waals surface area contributed by atoms with Crippen molar-refractivity contribution in [2.24, 2.45) is 0 Å². The Kier molecular flexibility index (Phi) is 5.26. The van der Waals surface area contributed by atoms with Gasteiger partial charge in [0, 0.05) is 12.7 Å². The van der Waals surface area contributed by atoms with Gasteiger partial charge in [-0.3, -0.25) is 0 Å². The van der Waals surface area contributed by atoms with Crippen LogP contribution in [-0.4, -0.2) is 23.0 Å². The second-order valence-corrected chi connectivity index (χ2v) is 6.35. The minimum Gasteiger partial charge on any atom is -0.465 e. The number of aromatic nitrogens is 2. The van der Waals surface area contributed by atoms with Gasteiger partial charge in [0.1, 0.15) is 11.6 Å². The average Bonchev–Trinajstić information content (AvgIpc) is 3.22. The number of allylic oxidation sites excluding steroid dienone is 1. The van der Waals surface area contributed by atoms with Gasteiger partial charge in [-0.1, -0.05) is 24.3 Å². The van der Waals surface area contributed by atoms with E-state index in [4.69, 9.17) is 9.47 Å². The SMILES string of the molecule is COC(=O)c1ccc(CNc2nccc(/C(C#N)=C3/Nc4ccccc4O3)n2)cc1. The van der Waals surface area contributed by atoms with Crippen molar-refractivity contribution in [3.8, 4) is 11.8 Å². The van der Waals surface area contributed by atoms with Crippen molar-refractivity contribution in [2.45, 2.75) is 6.54 Å². The van der Waals surface area contributed by atoms with Crippen molar-refractivity contribution >= 4 is 23.2 Å². The van der Waals surface area contributed by atoms with Gasteiger partial charge in [0.05, 0.1) is 24.1 Å². The van der Waals surface area contributed by atoms with Gasteiger partial charge >= 0.3 is 5.97 Å². The van der Waals surface area contributed by atoms with E-state index in [0.717, 1.165) is 11.3 Å². The predicted molar refractivity (Wildman–Crippen MR) is 110 cm³/mol. The molecule has 0 bridgehead atoms. The number of esters is 1. The molecular weight excluding hydrogens is 382 g/mol. The average molecular weight is 399 g/mol. The molecule has 1 aliphatic rings. The van der Waals surface area contributed by atoms with Crippen LogP contribution in [0.2, 0.25) is 0 Å². The summed E-state index contributed by atoms with van der Waals surface area (Å²) >= 11 is 0. The van der Waals surface area contributed by atoms with Gasteiger partial charge in [0.2, 0.25) is 11.8 Å². The number of rotatable bonds is 5. The van der Waals surface area contributed by atoms with Crippen LogP contribution in [0.25, 0.3) is 5.57 Å². The van der Waals surface area contributed by atoms with Crippen LogP contribution in [0.5, 0.6) is 5.75 Å². The van der Waals surface area contributed by atoms with Gasteiger partial charge in [-0.15, -0.1) is 0 Å². The van der Waals surface area contributed by atoms with Crippen LogP contribution in [0.4, 0.5) is 11.6 Å². The smallest absolute Gasteiger partial charge is 0.337 e. The standard InChI is InChI=1S/C22H17N5O3/c1-29-21(28)15-8-6-14(7-9-15)13-25-22-24-11-10-17(27-22)16(12-23)20-26-18-4-2-3-5-19(18)30-20/h2-11,26H,13H2,1H3,(H,24,25,27)/b20-16-. The maximum Gasteiger partial charge on any atom is 0.337 e. The Balaban J connectivity index is 1.49. The van der Waals surface area contributed by atoms with E-state index in [1.165, 1.54) is 7.11 Å². The number of para-hydroxylation sites is 2. The first-order chi connectivity index (χ1) is 14.7. The number of ether oxygens (including phenoxy) is 2. The minimum atomic E-state index is -0.382. The highest BCUT2D eigenvalue weighted by Gasteiger charge is 2.22. The first kappa shape index (κ1) is 19.0. The van der Waals surface area contributed by atoms with Gasteiger partial charge in [-0.05, 0) is 35.9 Å². The lowest BCUT2D eigenvalue weighted by Crippen LogP contribution is -2.07. The molecule has 2 heterocycles. The highest BCUT2D eigenvalue weighted by atomic mass is 16.5. The third-order valence-corrected chi connectivity index (χ3v) is 4.42. The zero-order valence-electron chi connectivity index (χ0n) is 16.0. The summed E-state index contributed by atoms with van der Waals surface area (Å²) in [6, 6.07) is 18.3. The summed E-state index contributed by atoms with van der Waals surface area (Å²) in [5.41, 5.74) is 2.93. The van der Waals surface area contributed by atoms with Gasteiger partial charge in [-0.25, -0.2) is 14.8 Å². The third-order valence-electron chi connectivity index (χ3n) is 4.42. The summed E-state index contributed by atoms with van der Waals surface area (Å²) in [4.78, 5) is 20.1. The Morgan fingerprint density at radius 2 is 2.00 bits per heavy atom. The van der Waals surface area contributed by atoms with E-state index < -0.39 is 0 Å². The van der Waals surface area contributed by atoms with E-state index in [2.05, 4.69) is 26.7 Å². The van der Waals surface area contributed by atoms with E-state index in [1.54, 1.807) is 24.4 Å². The van der Waals surface area contributed by atoms with Crippen molar-refractivity contribution in [2.75, 3.05) is 17.7 Å². The highest BCUT2D eigenvalue weighted by molar-refractivity contribution is 5.89. The Morgan fingerprint density at radius 1 is 1.20 bits per heavy atom. The Morgan fingerprint density at radius 3 is 2.73 bits per heavy atom. The van der Waals surface area contributed by atoms with Crippen LogP contribution < -0.4 is 15.4 Å². The second kappa shape index (κ2) is 8.32. The molecule has 148 valence electrons. The fourth-order valence-electron chi connectivity index (χ4n) is 2.90. The number of nitrogens with one attached hydrogen (secondary N) is 2. The highest BCUT2D eigenvalue weighted by Crippen LogP contribution is 2.35. The summed E-state index contributed by atoms with van der Waals surface area (Å²) < 4.78 is 10.4. The number of benzene rings is 2. The molecule has 30 heavy (non-hydrogen) atoms. The maximum atomic E-state index is 11.5.